The van der Waals surface area contributed by atoms with Crippen molar-refractivity contribution in [3.63, 3.8) is 0 Å². The summed E-state index contributed by atoms with van der Waals surface area (Å²) in [6.07, 6.45) is 5.02. The van der Waals surface area contributed by atoms with Gasteiger partial charge in [-0.1, -0.05) is 79.2 Å². The normalized spacial score (nSPS) is 23.3. The highest BCUT2D eigenvalue weighted by atomic mass is 16.5. The Kier molecular flexibility index (Phi) is 7.85. The lowest BCUT2D eigenvalue weighted by Gasteiger charge is -2.39. The molecule has 3 atom stereocenters. The van der Waals surface area contributed by atoms with Gasteiger partial charge in [-0.2, -0.15) is 0 Å². The lowest BCUT2D eigenvalue weighted by Crippen LogP contribution is -2.42. The van der Waals surface area contributed by atoms with Crippen LogP contribution in [0, 0.1) is 5.92 Å². The van der Waals surface area contributed by atoms with E-state index in [0.29, 0.717) is 5.92 Å². The Bertz CT molecular complexity index is 990. The van der Waals surface area contributed by atoms with Gasteiger partial charge in [-0.15, -0.1) is 0 Å². The molecule has 3 nitrogen and oxygen atoms in total. The predicted octanol–water partition coefficient (Wildman–Crippen LogP) is 6.03. The van der Waals surface area contributed by atoms with Crippen LogP contribution in [0.15, 0.2) is 84.9 Å². The summed E-state index contributed by atoms with van der Waals surface area (Å²) in [5.41, 5.74) is 2.77. The molecule has 1 fully saturated rings. The molecule has 3 unspecified atom stereocenters. The Morgan fingerprint density at radius 3 is 2.39 bits per heavy atom. The van der Waals surface area contributed by atoms with E-state index >= 15 is 0 Å². The third-order valence-electron chi connectivity index (χ3n) is 7.34. The van der Waals surface area contributed by atoms with Crippen LogP contribution < -0.4 is 4.74 Å². The highest BCUT2D eigenvalue weighted by Crippen LogP contribution is 2.46. The first-order valence-corrected chi connectivity index (χ1v) is 12.2. The number of benzene rings is 3. The predicted molar refractivity (Wildman–Crippen MR) is 136 cm³/mol. The van der Waals surface area contributed by atoms with Gasteiger partial charge in [0.1, 0.15) is 5.75 Å². The van der Waals surface area contributed by atoms with Crippen molar-refractivity contribution < 1.29 is 9.84 Å². The highest BCUT2D eigenvalue weighted by Gasteiger charge is 2.43. The summed E-state index contributed by atoms with van der Waals surface area (Å²) in [6.45, 7) is 1.86. The Balaban J connectivity index is 1.58. The Morgan fingerprint density at radius 1 is 0.939 bits per heavy atom. The van der Waals surface area contributed by atoms with Crippen LogP contribution in [0.4, 0.5) is 0 Å². The quantitative estimate of drug-likeness (QED) is 0.431. The molecule has 0 aromatic heterocycles. The molecule has 1 N–H and O–H groups in total. The standard InChI is InChI=1S/C30H37NO2/c1-31(20-19-24-11-5-3-6-12-24)23-28-17-9-15-26(25-13-7-4-8-14-25)22-30(28,32)27-16-10-18-29(21-27)33-2/h3-8,10-14,16,18,21,26,28,32H,9,15,17,19-20,22-23H2,1-2H3. The second-order valence-electron chi connectivity index (χ2n) is 9.59. The number of hydrogen-bond acceptors (Lipinski definition) is 3. The molecule has 4 rings (SSSR count). The number of aliphatic hydroxyl groups is 1. The molecule has 0 saturated heterocycles. The second kappa shape index (κ2) is 11.0. The SMILES string of the molecule is COc1cccc(C2(O)CC(c3ccccc3)CCCC2CN(C)CCc2ccccc2)c1. The second-order valence-corrected chi connectivity index (χ2v) is 9.59. The van der Waals surface area contributed by atoms with E-state index in [0.717, 1.165) is 56.5 Å². The summed E-state index contributed by atoms with van der Waals surface area (Å²) in [5.74, 6) is 1.32. The highest BCUT2D eigenvalue weighted by molar-refractivity contribution is 5.34. The zero-order chi connectivity index (χ0) is 23.1. The first-order valence-electron chi connectivity index (χ1n) is 12.2. The van der Waals surface area contributed by atoms with Crippen molar-refractivity contribution in [2.24, 2.45) is 5.92 Å². The van der Waals surface area contributed by atoms with E-state index in [9.17, 15) is 5.11 Å². The minimum Gasteiger partial charge on any atom is -0.497 e. The maximum absolute atomic E-state index is 12.4. The van der Waals surface area contributed by atoms with Gasteiger partial charge in [0.2, 0.25) is 0 Å². The van der Waals surface area contributed by atoms with E-state index in [4.69, 9.17) is 4.74 Å². The zero-order valence-corrected chi connectivity index (χ0v) is 20.0. The van der Waals surface area contributed by atoms with Gasteiger partial charge in [-0.05, 0) is 67.5 Å². The average Bonchev–Trinajstić information content (AvgIpc) is 3.03. The third-order valence-corrected chi connectivity index (χ3v) is 7.34. The zero-order valence-electron chi connectivity index (χ0n) is 20.0. The van der Waals surface area contributed by atoms with Crippen molar-refractivity contribution in [3.8, 4) is 5.75 Å². The number of methoxy groups -OCH3 is 1. The van der Waals surface area contributed by atoms with Crippen molar-refractivity contribution in [1.82, 2.24) is 4.90 Å². The van der Waals surface area contributed by atoms with E-state index < -0.39 is 5.60 Å². The summed E-state index contributed by atoms with van der Waals surface area (Å²) in [6, 6.07) is 29.4. The van der Waals surface area contributed by atoms with Crippen LogP contribution in [0.3, 0.4) is 0 Å². The van der Waals surface area contributed by atoms with Crippen molar-refractivity contribution in [2.45, 2.75) is 43.6 Å². The van der Waals surface area contributed by atoms with E-state index in [2.05, 4.69) is 78.7 Å². The summed E-state index contributed by atoms with van der Waals surface area (Å²) >= 11 is 0. The average molecular weight is 444 g/mol. The molecule has 3 heteroatoms. The summed E-state index contributed by atoms with van der Waals surface area (Å²) in [5, 5.41) is 12.4. The van der Waals surface area contributed by atoms with Crippen LogP contribution in [-0.4, -0.2) is 37.3 Å². The summed E-state index contributed by atoms with van der Waals surface area (Å²) in [7, 11) is 3.88. The smallest absolute Gasteiger partial charge is 0.119 e. The maximum Gasteiger partial charge on any atom is 0.119 e. The molecule has 0 bridgehead atoms. The number of nitrogens with zero attached hydrogens (tertiary/aromatic N) is 1. The van der Waals surface area contributed by atoms with Gasteiger partial charge >= 0.3 is 0 Å². The first-order chi connectivity index (χ1) is 16.1. The Morgan fingerprint density at radius 2 is 1.67 bits per heavy atom. The molecule has 0 radical (unpaired) electrons. The van der Waals surface area contributed by atoms with Gasteiger partial charge in [0, 0.05) is 19.0 Å². The van der Waals surface area contributed by atoms with Gasteiger partial charge in [0.15, 0.2) is 0 Å². The summed E-state index contributed by atoms with van der Waals surface area (Å²) < 4.78 is 5.52. The molecule has 3 aromatic carbocycles. The topological polar surface area (TPSA) is 32.7 Å². The monoisotopic (exact) mass is 443 g/mol. The molecule has 174 valence electrons. The molecule has 0 spiro atoms. The lowest BCUT2D eigenvalue weighted by atomic mass is 9.74. The van der Waals surface area contributed by atoms with E-state index in [1.165, 1.54) is 11.1 Å². The minimum absolute atomic E-state index is 0.166. The van der Waals surface area contributed by atoms with Crippen LogP contribution in [0.2, 0.25) is 0 Å². The molecular weight excluding hydrogens is 406 g/mol. The number of rotatable bonds is 8. The fourth-order valence-corrected chi connectivity index (χ4v) is 5.42. The molecule has 0 heterocycles. The summed E-state index contributed by atoms with van der Waals surface area (Å²) in [4.78, 5) is 2.39. The van der Waals surface area contributed by atoms with E-state index in [-0.39, 0.29) is 5.92 Å². The first kappa shape index (κ1) is 23.5. The molecule has 0 amide bonds. The largest absolute Gasteiger partial charge is 0.497 e. The molecular formula is C30H37NO2. The van der Waals surface area contributed by atoms with Crippen LogP contribution in [0.5, 0.6) is 5.75 Å². The van der Waals surface area contributed by atoms with Gasteiger partial charge in [0.25, 0.3) is 0 Å². The maximum atomic E-state index is 12.4. The Hall–Kier alpha value is -2.62. The fourth-order valence-electron chi connectivity index (χ4n) is 5.42. The lowest BCUT2D eigenvalue weighted by molar-refractivity contribution is -0.0439. The third kappa shape index (κ3) is 5.85. The number of likely N-dealkylation sites (N-methyl/N-ethyl adjacent to an activating group) is 1. The Labute approximate surface area is 199 Å². The van der Waals surface area contributed by atoms with E-state index in [1.807, 2.05) is 18.2 Å². The van der Waals surface area contributed by atoms with Crippen molar-refractivity contribution in [2.75, 3.05) is 27.2 Å². The molecule has 1 aliphatic rings. The molecule has 1 aliphatic carbocycles. The van der Waals surface area contributed by atoms with E-state index in [1.54, 1.807) is 7.11 Å². The van der Waals surface area contributed by atoms with Crippen molar-refractivity contribution >= 4 is 0 Å². The fraction of sp³-hybridized carbons (Fsp3) is 0.400. The van der Waals surface area contributed by atoms with Crippen LogP contribution in [-0.2, 0) is 12.0 Å². The number of hydrogen-bond donors (Lipinski definition) is 1. The minimum atomic E-state index is -0.896. The molecule has 1 saturated carbocycles. The van der Waals surface area contributed by atoms with Gasteiger partial charge < -0.3 is 14.7 Å². The van der Waals surface area contributed by atoms with Crippen LogP contribution >= 0.6 is 0 Å². The van der Waals surface area contributed by atoms with Gasteiger partial charge in [-0.3, -0.25) is 0 Å². The van der Waals surface area contributed by atoms with Crippen LogP contribution in [0.25, 0.3) is 0 Å². The molecule has 0 aliphatic heterocycles. The van der Waals surface area contributed by atoms with Crippen molar-refractivity contribution in [1.29, 1.82) is 0 Å². The van der Waals surface area contributed by atoms with Gasteiger partial charge in [0.05, 0.1) is 12.7 Å². The molecule has 3 aromatic rings. The number of ether oxygens (including phenoxy) is 1. The van der Waals surface area contributed by atoms with Crippen LogP contribution in [0.1, 0.15) is 48.3 Å². The molecule has 33 heavy (non-hydrogen) atoms. The van der Waals surface area contributed by atoms with Crippen molar-refractivity contribution in [3.05, 3.63) is 102 Å². The van der Waals surface area contributed by atoms with Gasteiger partial charge in [-0.25, -0.2) is 0 Å².